The summed E-state index contributed by atoms with van der Waals surface area (Å²) in [5.74, 6) is -1.03. The summed E-state index contributed by atoms with van der Waals surface area (Å²) < 4.78 is 5.01. The van der Waals surface area contributed by atoms with Crippen molar-refractivity contribution in [3.05, 3.63) is 78.9 Å². The van der Waals surface area contributed by atoms with E-state index < -0.39 is 28.9 Å². The molecule has 0 spiro atoms. The van der Waals surface area contributed by atoms with Crippen molar-refractivity contribution in [3.8, 4) is 5.75 Å². The van der Waals surface area contributed by atoms with Crippen LogP contribution in [0.1, 0.15) is 54.7 Å². The lowest BCUT2D eigenvalue weighted by Crippen LogP contribution is -2.46. The molecule has 1 aromatic heterocycles. The Morgan fingerprint density at radius 1 is 1.26 bits per heavy atom. The van der Waals surface area contributed by atoms with Gasteiger partial charge in [0.1, 0.15) is 18.1 Å². The fraction of sp³-hybridized carbons (Fsp3) is 0.407. The van der Waals surface area contributed by atoms with Crippen molar-refractivity contribution in [2.45, 2.75) is 52.5 Å². The van der Waals surface area contributed by atoms with Gasteiger partial charge >= 0.3 is 6.09 Å². The van der Waals surface area contributed by atoms with Crippen molar-refractivity contribution >= 4 is 50.8 Å². The van der Waals surface area contributed by atoms with E-state index in [1.54, 1.807) is 43.5 Å². The Labute approximate surface area is 261 Å². The molecule has 1 heterocycles. The van der Waals surface area contributed by atoms with Gasteiger partial charge in [0.15, 0.2) is 5.03 Å². The van der Waals surface area contributed by atoms with E-state index >= 15 is 0 Å². The van der Waals surface area contributed by atoms with Gasteiger partial charge in [0.2, 0.25) is 5.91 Å². The van der Waals surface area contributed by atoms with Crippen LogP contribution in [0.2, 0.25) is 0 Å². The van der Waals surface area contributed by atoms with E-state index in [0.29, 0.717) is 17.9 Å². The molecule has 2 rings (SSSR count). The van der Waals surface area contributed by atoms with E-state index in [1.165, 1.54) is 34.3 Å². The number of rotatable bonds is 16. The van der Waals surface area contributed by atoms with Gasteiger partial charge in [0.05, 0.1) is 9.93 Å². The number of nitrogens with two attached hydrogens (primary N) is 1. The molecule has 0 saturated heterocycles. The highest BCUT2D eigenvalue weighted by atomic mass is 33.1. The van der Waals surface area contributed by atoms with Crippen LogP contribution >= 0.6 is 32.9 Å². The number of hydrazine groups is 1. The number of phenolic OH excluding ortho intramolecular Hbond substituents is 1. The van der Waals surface area contributed by atoms with E-state index in [-0.39, 0.29) is 35.4 Å². The number of benzene rings is 1. The van der Waals surface area contributed by atoms with Crippen molar-refractivity contribution in [2.75, 3.05) is 12.4 Å². The third-order valence-corrected chi connectivity index (χ3v) is 8.84. The summed E-state index contributed by atoms with van der Waals surface area (Å²) in [6, 6.07) is 6.14. The van der Waals surface area contributed by atoms with Gasteiger partial charge in [0, 0.05) is 29.2 Å². The summed E-state index contributed by atoms with van der Waals surface area (Å²) >= 11 is 1.42. The Morgan fingerprint density at radius 2 is 1.98 bits per heavy atom. The highest BCUT2D eigenvalue weighted by Crippen LogP contribution is 2.29. The molecule has 2 aromatic rings. The quantitative estimate of drug-likeness (QED) is 0.0570. The zero-order chi connectivity index (χ0) is 31.8. The SMILES string of the molecule is C/C=C\C(=C(/N)SSCCOC(=O)NNC(=O)[C@@H](C)C[C@H](Cc1ccc(O)cc1)NC(=O)c1csc(CCC)n1)[N+](=O)[O-]. The van der Waals surface area contributed by atoms with Gasteiger partial charge in [-0.25, -0.2) is 15.2 Å². The molecule has 6 N–H and O–H groups in total. The van der Waals surface area contributed by atoms with Crippen molar-refractivity contribution in [2.24, 2.45) is 11.7 Å². The number of aromatic nitrogens is 1. The number of phenols is 1. The number of aromatic hydroxyl groups is 1. The van der Waals surface area contributed by atoms with Crippen LogP contribution in [0.25, 0.3) is 0 Å². The Balaban J connectivity index is 1.86. The Bertz CT molecular complexity index is 1300. The van der Waals surface area contributed by atoms with Crippen LogP contribution in [-0.4, -0.2) is 51.3 Å². The number of amides is 3. The topological polar surface area (TPSA) is 199 Å². The van der Waals surface area contributed by atoms with Gasteiger partial charge in [-0.15, -0.1) is 11.3 Å². The molecule has 0 bridgehead atoms. The predicted molar refractivity (Wildman–Crippen MR) is 169 cm³/mol. The number of thiazole rings is 1. The summed E-state index contributed by atoms with van der Waals surface area (Å²) in [6.07, 6.45) is 4.28. The van der Waals surface area contributed by atoms with E-state index in [2.05, 4.69) is 21.2 Å². The molecule has 0 saturated carbocycles. The first-order valence-electron chi connectivity index (χ1n) is 13.4. The molecule has 13 nitrogen and oxygen atoms in total. The fourth-order valence-electron chi connectivity index (χ4n) is 3.63. The Hall–Kier alpha value is -3.76. The van der Waals surface area contributed by atoms with Crippen molar-refractivity contribution in [3.63, 3.8) is 0 Å². The van der Waals surface area contributed by atoms with Gasteiger partial charge < -0.3 is 20.9 Å². The van der Waals surface area contributed by atoms with E-state index in [0.717, 1.165) is 34.2 Å². The third kappa shape index (κ3) is 13.0. The maximum absolute atomic E-state index is 12.9. The fourth-order valence-corrected chi connectivity index (χ4v) is 6.19. The van der Waals surface area contributed by atoms with Crippen LogP contribution in [0.4, 0.5) is 4.79 Å². The highest BCUT2D eigenvalue weighted by Gasteiger charge is 2.23. The molecule has 3 amide bonds. The van der Waals surface area contributed by atoms with Crippen LogP contribution < -0.4 is 21.9 Å². The maximum atomic E-state index is 12.9. The highest BCUT2D eigenvalue weighted by molar-refractivity contribution is 8.78. The zero-order valence-electron chi connectivity index (χ0n) is 24.0. The van der Waals surface area contributed by atoms with E-state index in [4.69, 9.17) is 10.5 Å². The molecular formula is C27H36N6O7S3. The largest absolute Gasteiger partial charge is 0.508 e. The lowest BCUT2D eigenvalue weighted by atomic mass is 9.95. The Kier molecular flexibility index (Phi) is 15.4. The number of nitrogens with zero attached hydrogens (tertiary/aromatic N) is 2. The monoisotopic (exact) mass is 652 g/mol. The van der Waals surface area contributed by atoms with Crippen LogP contribution in [-0.2, 0) is 22.4 Å². The predicted octanol–water partition coefficient (Wildman–Crippen LogP) is 4.29. The molecule has 0 radical (unpaired) electrons. The standard InChI is InChI=1S/C27H36N6O7S3/c1-4-6-22(33(38)39)24(28)43-42-13-12-40-27(37)32-31-25(35)17(3)14-19(15-18-8-10-20(34)11-9-18)29-26(36)21-16-41-23(30-21)7-5-2/h4,6,8-11,16-17,19,34H,5,7,12-15,28H2,1-3H3,(H,29,36)(H,31,35)(H,32,37)/b6-4-,24-22-/t17-,19+/m0/s1. The Morgan fingerprint density at radius 3 is 2.63 bits per heavy atom. The number of allylic oxidation sites excluding steroid dienone is 2. The third-order valence-electron chi connectivity index (χ3n) is 5.70. The summed E-state index contributed by atoms with van der Waals surface area (Å²) in [5.41, 5.74) is 11.2. The number of aryl methyl sites for hydroxylation is 1. The second-order valence-corrected chi connectivity index (χ2v) is 12.6. The zero-order valence-corrected chi connectivity index (χ0v) is 26.5. The average Bonchev–Trinajstić information content (AvgIpc) is 3.44. The van der Waals surface area contributed by atoms with E-state index in [9.17, 15) is 29.6 Å². The minimum Gasteiger partial charge on any atom is -0.508 e. The molecular weight excluding hydrogens is 617 g/mol. The van der Waals surface area contributed by atoms with Gasteiger partial charge in [0.25, 0.3) is 11.6 Å². The lowest BCUT2D eigenvalue weighted by Gasteiger charge is -2.22. The molecule has 0 aliphatic heterocycles. The number of carbonyl (C=O) groups excluding carboxylic acids is 3. The second-order valence-electron chi connectivity index (χ2n) is 9.22. The first kappa shape index (κ1) is 35.4. The molecule has 43 heavy (non-hydrogen) atoms. The van der Waals surface area contributed by atoms with Crippen LogP contribution in [0.15, 0.2) is 52.5 Å². The number of nitrogens with one attached hydrogen (secondary N) is 3. The second kappa shape index (κ2) is 18.7. The summed E-state index contributed by atoms with van der Waals surface area (Å²) in [6.45, 7) is 5.31. The molecule has 234 valence electrons. The molecule has 0 unspecified atom stereocenters. The first-order valence-corrected chi connectivity index (χ1v) is 16.6. The molecule has 0 aliphatic carbocycles. The minimum absolute atomic E-state index is 0.0199. The van der Waals surface area contributed by atoms with Crippen LogP contribution in [0, 0.1) is 16.0 Å². The first-order chi connectivity index (χ1) is 20.5. The number of hydrogen-bond acceptors (Lipinski definition) is 12. The van der Waals surface area contributed by atoms with E-state index in [1.807, 2.05) is 6.92 Å². The maximum Gasteiger partial charge on any atom is 0.426 e. The molecule has 0 aliphatic rings. The summed E-state index contributed by atoms with van der Waals surface area (Å²) in [4.78, 5) is 52.5. The normalized spacial score (nSPS) is 13.1. The number of carbonyl (C=O) groups is 3. The van der Waals surface area contributed by atoms with Crippen molar-refractivity contribution < 1.29 is 29.2 Å². The van der Waals surface area contributed by atoms with Crippen molar-refractivity contribution in [1.29, 1.82) is 0 Å². The summed E-state index contributed by atoms with van der Waals surface area (Å²) in [7, 11) is 2.16. The van der Waals surface area contributed by atoms with Gasteiger partial charge in [-0.05, 0) is 61.1 Å². The van der Waals surface area contributed by atoms with Gasteiger partial charge in [-0.2, -0.15) is 0 Å². The van der Waals surface area contributed by atoms with Gasteiger partial charge in [-0.1, -0.05) is 42.9 Å². The van der Waals surface area contributed by atoms with Gasteiger partial charge in [-0.3, -0.25) is 25.1 Å². The van der Waals surface area contributed by atoms with Crippen LogP contribution in [0.3, 0.4) is 0 Å². The summed E-state index contributed by atoms with van der Waals surface area (Å²) in [5, 5.41) is 26.2. The average molecular weight is 653 g/mol. The molecule has 2 atom stereocenters. The number of hydrogen-bond donors (Lipinski definition) is 5. The van der Waals surface area contributed by atoms with Crippen LogP contribution in [0.5, 0.6) is 5.75 Å². The lowest BCUT2D eigenvalue weighted by molar-refractivity contribution is -0.419. The minimum atomic E-state index is -0.880. The molecule has 16 heteroatoms. The molecule has 1 aromatic carbocycles. The smallest absolute Gasteiger partial charge is 0.426 e. The van der Waals surface area contributed by atoms with Crippen molar-refractivity contribution in [1.82, 2.24) is 21.2 Å². The number of nitro groups is 1. The number of ether oxygens (including phenoxy) is 1. The molecule has 0 fully saturated rings.